The smallest absolute Gasteiger partial charge is 0.0226 e. The number of rotatable bonds is 3. The van der Waals surface area contributed by atoms with Crippen LogP contribution in [0.25, 0.3) is 0 Å². The molecular formula is C16H24N2. The Balaban J connectivity index is 1.46. The number of hydrogen-bond donors (Lipinski definition) is 1. The molecule has 1 aromatic carbocycles. The van der Waals surface area contributed by atoms with Crippen molar-refractivity contribution in [3.8, 4) is 0 Å². The lowest BCUT2D eigenvalue weighted by atomic mass is 9.76. The molecule has 18 heavy (non-hydrogen) atoms. The van der Waals surface area contributed by atoms with E-state index in [-0.39, 0.29) is 0 Å². The molecule has 0 amide bonds. The Labute approximate surface area is 110 Å². The lowest BCUT2D eigenvalue weighted by molar-refractivity contribution is 0.0917. The van der Waals surface area contributed by atoms with E-state index in [9.17, 15) is 0 Å². The zero-order valence-electron chi connectivity index (χ0n) is 11.4. The molecular weight excluding hydrogens is 220 g/mol. The number of piperidine rings is 1. The fraction of sp³-hybridized carbons (Fsp3) is 0.625. The van der Waals surface area contributed by atoms with Crippen LogP contribution >= 0.6 is 0 Å². The van der Waals surface area contributed by atoms with Crippen LogP contribution in [0.4, 0.5) is 0 Å². The highest BCUT2D eigenvalue weighted by atomic mass is 15.5. The van der Waals surface area contributed by atoms with Gasteiger partial charge in [-0.1, -0.05) is 36.2 Å². The van der Waals surface area contributed by atoms with Crippen LogP contribution in [0.5, 0.6) is 0 Å². The van der Waals surface area contributed by atoms with E-state index in [2.05, 4.69) is 41.6 Å². The van der Waals surface area contributed by atoms with E-state index < -0.39 is 0 Å². The minimum Gasteiger partial charge on any atom is -0.252 e. The van der Waals surface area contributed by atoms with Gasteiger partial charge in [-0.05, 0) is 44.1 Å². The number of nitrogens with one attached hydrogen (secondary N) is 1. The molecule has 1 heterocycles. The molecule has 1 aliphatic heterocycles. The van der Waals surface area contributed by atoms with E-state index >= 15 is 0 Å². The maximum Gasteiger partial charge on any atom is 0.0226 e. The molecule has 0 unspecified atom stereocenters. The van der Waals surface area contributed by atoms with Crippen LogP contribution in [0.15, 0.2) is 24.3 Å². The molecule has 1 saturated heterocycles. The van der Waals surface area contributed by atoms with Crippen LogP contribution in [-0.2, 0) is 0 Å². The highest BCUT2D eigenvalue weighted by molar-refractivity contribution is 5.26. The average Bonchev–Trinajstić information content (AvgIpc) is 2.36. The summed E-state index contributed by atoms with van der Waals surface area (Å²) in [5.74, 6) is 0.785. The van der Waals surface area contributed by atoms with Gasteiger partial charge < -0.3 is 0 Å². The van der Waals surface area contributed by atoms with Gasteiger partial charge in [0, 0.05) is 19.1 Å². The zero-order valence-corrected chi connectivity index (χ0v) is 11.4. The Bertz CT molecular complexity index is 373. The number of hydrazine groups is 1. The highest BCUT2D eigenvalue weighted by Gasteiger charge is 2.31. The minimum absolute atomic E-state index is 0.717. The third-order valence-electron chi connectivity index (χ3n) is 4.41. The van der Waals surface area contributed by atoms with Gasteiger partial charge in [-0.25, -0.2) is 5.01 Å². The third kappa shape index (κ3) is 2.76. The van der Waals surface area contributed by atoms with E-state index in [0.717, 1.165) is 12.0 Å². The normalized spacial score (nSPS) is 28.9. The van der Waals surface area contributed by atoms with Gasteiger partial charge in [-0.2, -0.15) is 0 Å². The maximum absolute atomic E-state index is 3.70. The van der Waals surface area contributed by atoms with E-state index in [4.69, 9.17) is 0 Å². The molecule has 0 aromatic heterocycles. The van der Waals surface area contributed by atoms with Crippen molar-refractivity contribution in [3.05, 3.63) is 35.4 Å². The van der Waals surface area contributed by atoms with Crippen LogP contribution in [0.1, 0.15) is 49.1 Å². The van der Waals surface area contributed by atoms with Gasteiger partial charge in [-0.15, -0.1) is 0 Å². The molecule has 1 N–H and O–H groups in total. The van der Waals surface area contributed by atoms with Crippen LogP contribution in [0, 0.1) is 6.92 Å². The van der Waals surface area contributed by atoms with E-state index in [1.165, 1.54) is 56.3 Å². The Morgan fingerprint density at radius 3 is 2.33 bits per heavy atom. The van der Waals surface area contributed by atoms with Crippen molar-refractivity contribution < 1.29 is 0 Å². The van der Waals surface area contributed by atoms with Gasteiger partial charge in [0.2, 0.25) is 0 Å². The molecule has 2 aliphatic rings. The topological polar surface area (TPSA) is 15.3 Å². The summed E-state index contributed by atoms with van der Waals surface area (Å²) in [4.78, 5) is 0. The molecule has 0 spiro atoms. The number of benzene rings is 1. The first-order valence-corrected chi connectivity index (χ1v) is 7.39. The van der Waals surface area contributed by atoms with Crippen molar-refractivity contribution in [3.63, 3.8) is 0 Å². The van der Waals surface area contributed by atoms with Crippen molar-refractivity contribution in [1.82, 2.24) is 10.4 Å². The lowest BCUT2D eigenvalue weighted by Gasteiger charge is -2.41. The van der Waals surface area contributed by atoms with Crippen molar-refractivity contribution in [1.29, 1.82) is 0 Å². The first-order valence-electron chi connectivity index (χ1n) is 7.39. The SMILES string of the molecule is Cc1ccc(C2CC(NN3CCCCC3)C2)cc1. The summed E-state index contributed by atoms with van der Waals surface area (Å²) in [6.07, 6.45) is 6.75. The molecule has 0 atom stereocenters. The highest BCUT2D eigenvalue weighted by Crippen LogP contribution is 2.37. The predicted octanol–water partition coefficient (Wildman–Crippen LogP) is 3.23. The molecule has 1 aromatic rings. The minimum atomic E-state index is 0.717. The second kappa shape index (κ2) is 5.41. The molecule has 3 rings (SSSR count). The van der Waals surface area contributed by atoms with Crippen molar-refractivity contribution >= 4 is 0 Å². The fourth-order valence-electron chi connectivity index (χ4n) is 3.12. The van der Waals surface area contributed by atoms with Gasteiger partial charge in [0.15, 0.2) is 0 Å². The van der Waals surface area contributed by atoms with E-state index in [1.807, 2.05) is 0 Å². The first-order chi connectivity index (χ1) is 8.81. The first kappa shape index (κ1) is 12.2. The van der Waals surface area contributed by atoms with Gasteiger partial charge in [0.1, 0.15) is 0 Å². The summed E-state index contributed by atoms with van der Waals surface area (Å²) in [6.45, 7) is 4.64. The summed E-state index contributed by atoms with van der Waals surface area (Å²) in [5.41, 5.74) is 6.59. The van der Waals surface area contributed by atoms with Gasteiger partial charge in [-0.3, -0.25) is 5.43 Å². The molecule has 2 heteroatoms. The Morgan fingerprint density at radius 1 is 1.00 bits per heavy atom. The summed E-state index contributed by atoms with van der Waals surface area (Å²) in [5, 5.41) is 2.44. The van der Waals surface area contributed by atoms with E-state index in [1.54, 1.807) is 0 Å². The number of aryl methyl sites for hydroxylation is 1. The largest absolute Gasteiger partial charge is 0.252 e. The van der Waals surface area contributed by atoms with Crippen molar-refractivity contribution in [2.24, 2.45) is 0 Å². The van der Waals surface area contributed by atoms with Crippen LogP contribution in [-0.4, -0.2) is 24.1 Å². The summed E-state index contributed by atoms with van der Waals surface area (Å²) in [7, 11) is 0. The molecule has 2 nitrogen and oxygen atoms in total. The van der Waals surface area contributed by atoms with Gasteiger partial charge >= 0.3 is 0 Å². The van der Waals surface area contributed by atoms with Crippen LogP contribution < -0.4 is 5.43 Å². The maximum atomic E-state index is 3.70. The average molecular weight is 244 g/mol. The summed E-state index contributed by atoms with van der Waals surface area (Å²) in [6, 6.07) is 9.80. The molecule has 1 aliphatic carbocycles. The monoisotopic (exact) mass is 244 g/mol. The Kier molecular flexibility index (Phi) is 3.67. The van der Waals surface area contributed by atoms with Crippen molar-refractivity contribution in [2.75, 3.05) is 13.1 Å². The number of nitrogens with zero attached hydrogens (tertiary/aromatic N) is 1. The second-order valence-corrected chi connectivity index (χ2v) is 5.95. The fourth-order valence-corrected chi connectivity index (χ4v) is 3.12. The van der Waals surface area contributed by atoms with Gasteiger partial charge in [0.25, 0.3) is 0 Å². The molecule has 98 valence electrons. The molecule has 0 bridgehead atoms. The number of hydrogen-bond acceptors (Lipinski definition) is 2. The van der Waals surface area contributed by atoms with Crippen LogP contribution in [0.2, 0.25) is 0 Å². The second-order valence-electron chi connectivity index (χ2n) is 5.95. The quantitative estimate of drug-likeness (QED) is 0.878. The standard InChI is InChI=1S/C16H24N2/c1-13-5-7-14(8-6-13)15-11-16(12-15)17-18-9-3-2-4-10-18/h5-8,15-17H,2-4,9-12H2,1H3. The lowest BCUT2D eigenvalue weighted by Crippen LogP contribution is -2.51. The third-order valence-corrected chi connectivity index (χ3v) is 4.41. The molecule has 1 saturated carbocycles. The predicted molar refractivity (Wildman–Crippen MR) is 75.5 cm³/mol. The van der Waals surface area contributed by atoms with E-state index in [0.29, 0.717) is 0 Å². The summed E-state index contributed by atoms with van der Waals surface area (Å²) >= 11 is 0. The Hall–Kier alpha value is -0.860. The zero-order chi connectivity index (χ0) is 12.4. The van der Waals surface area contributed by atoms with Crippen LogP contribution in [0.3, 0.4) is 0 Å². The van der Waals surface area contributed by atoms with Gasteiger partial charge in [0.05, 0.1) is 0 Å². The summed E-state index contributed by atoms with van der Waals surface area (Å²) < 4.78 is 0. The Morgan fingerprint density at radius 2 is 1.67 bits per heavy atom. The molecule has 0 radical (unpaired) electrons. The molecule has 2 fully saturated rings. The van der Waals surface area contributed by atoms with Crippen molar-refractivity contribution in [2.45, 2.75) is 51.0 Å².